The van der Waals surface area contributed by atoms with E-state index in [2.05, 4.69) is 5.32 Å². The maximum Gasteiger partial charge on any atom is 0.152 e. The molecule has 94 valence electrons. The van der Waals surface area contributed by atoms with Crippen molar-refractivity contribution in [2.75, 3.05) is 5.32 Å². The van der Waals surface area contributed by atoms with Crippen molar-refractivity contribution in [3.63, 3.8) is 0 Å². The number of benzene rings is 2. The molecule has 0 unspecified atom stereocenters. The minimum atomic E-state index is -0.0718. The molecule has 2 aromatic carbocycles. The zero-order valence-corrected chi connectivity index (χ0v) is 11.4. The second kappa shape index (κ2) is 5.51. The summed E-state index contributed by atoms with van der Waals surface area (Å²) in [6, 6.07) is 11.5. The smallest absolute Gasteiger partial charge is 0.152 e. The first-order valence-corrected chi connectivity index (χ1v) is 6.29. The summed E-state index contributed by atoms with van der Waals surface area (Å²) in [7, 11) is 0. The first-order valence-electron chi connectivity index (χ1n) is 5.53. The molecule has 4 heteroatoms. The van der Waals surface area contributed by atoms with Gasteiger partial charge in [0.05, 0.1) is 10.0 Å². The van der Waals surface area contributed by atoms with Crippen LogP contribution in [-0.2, 0) is 6.54 Å². The fourth-order valence-electron chi connectivity index (χ4n) is 1.60. The molecule has 2 nitrogen and oxygen atoms in total. The van der Waals surface area contributed by atoms with E-state index in [1.165, 1.54) is 5.56 Å². The maximum atomic E-state index is 9.46. The molecule has 0 aliphatic rings. The first-order chi connectivity index (χ1) is 8.56. The zero-order chi connectivity index (χ0) is 13.1. The van der Waals surface area contributed by atoms with Gasteiger partial charge in [0.25, 0.3) is 0 Å². The van der Waals surface area contributed by atoms with Crippen LogP contribution in [0.4, 0.5) is 5.69 Å². The lowest BCUT2D eigenvalue weighted by Gasteiger charge is -2.09. The Bertz CT molecular complexity index is 529. The monoisotopic (exact) mass is 281 g/mol. The van der Waals surface area contributed by atoms with E-state index in [4.69, 9.17) is 23.2 Å². The predicted octanol–water partition coefficient (Wildman–Crippen LogP) is 4.62. The fourth-order valence-corrected chi connectivity index (χ4v) is 2.13. The zero-order valence-electron chi connectivity index (χ0n) is 9.87. The lowest BCUT2D eigenvalue weighted by atomic mass is 10.2. The summed E-state index contributed by atoms with van der Waals surface area (Å²) in [4.78, 5) is 0. The molecule has 0 aliphatic heterocycles. The van der Waals surface area contributed by atoms with Crippen molar-refractivity contribution in [3.05, 3.63) is 57.6 Å². The number of aryl methyl sites for hydroxylation is 1. The number of hydrogen-bond donors (Lipinski definition) is 2. The molecule has 0 atom stereocenters. The predicted molar refractivity (Wildman–Crippen MR) is 76.6 cm³/mol. The van der Waals surface area contributed by atoms with E-state index in [-0.39, 0.29) is 15.8 Å². The van der Waals surface area contributed by atoms with Crippen LogP contribution in [0.3, 0.4) is 0 Å². The molecule has 0 radical (unpaired) electrons. The Hall–Kier alpha value is -1.38. The summed E-state index contributed by atoms with van der Waals surface area (Å²) in [6.07, 6.45) is 0. The van der Waals surface area contributed by atoms with Gasteiger partial charge in [-0.2, -0.15) is 0 Å². The summed E-state index contributed by atoms with van der Waals surface area (Å²) in [5, 5.41) is 13.3. The molecule has 0 heterocycles. The molecule has 0 bridgehead atoms. The van der Waals surface area contributed by atoms with Crippen molar-refractivity contribution in [2.45, 2.75) is 13.5 Å². The molecule has 18 heavy (non-hydrogen) atoms. The molecule has 0 saturated carbocycles. The van der Waals surface area contributed by atoms with Crippen LogP contribution in [-0.4, -0.2) is 5.11 Å². The molecule has 0 saturated heterocycles. The van der Waals surface area contributed by atoms with E-state index in [1.807, 2.05) is 31.2 Å². The Balaban J connectivity index is 2.08. The number of hydrogen-bond acceptors (Lipinski definition) is 2. The quantitative estimate of drug-likeness (QED) is 0.861. The van der Waals surface area contributed by atoms with Gasteiger partial charge in [-0.05, 0) is 36.8 Å². The highest BCUT2D eigenvalue weighted by molar-refractivity contribution is 6.37. The van der Waals surface area contributed by atoms with Crippen molar-refractivity contribution >= 4 is 28.9 Å². The van der Waals surface area contributed by atoms with Gasteiger partial charge in [-0.3, -0.25) is 0 Å². The van der Waals surface area contributed by atoms with Crippen molar-refractivity contribution in [3.8, 4) is 5.75 Å². The minimum Gasteiger partial charge on any atom is -0.505 e. The Labute approximate surface area is 116 Å². The number of anilines is 1. The summed E-state index contributed by atoms with van der Waals surface area (Å²) in [5.74, 6) is -0.0718. The summed E-state index contributed by atoms with van der Waals surface area (Å²) < 4.78 is 0. The second-order valence-corrected chi connectivity index (χ2v) is 4.94. The van der Waals surface area contributed by atoms with Crippen molar-refractivity contribution in [1.82, 2.24) is 0 Å². The Morgan fingerprint density at radius 3 is 2.17 bits per heavy atom. The van der Waals surface area contributed by atoms with E-state index in [0.29, 0.717) is 6.54 Å². The van der Waals surface area contributed by atoms with Crippen LogP contribution in [0.2, 0.25) is 10.0 Å². The molecule has 0 aliphatic carbocycles. The summed E-state index contributed by atoms with van der Waals surface area (Å²) in [6.45, 7) is 2.64. The van der Waals surface area contributed by atoms with Crippen LogP contribution in [0, 0.1) is 6.92 Å². The molecule has 0 aromatic heterocycles. The number of phenolic OH excluding ortho intramolecular Hbond substituents is 1. The third-order valence-electron chi connectivity index (χ3n) is 2.62. The third kappa shape index (κ3) is 3.09. The Morgan fingerprint density at radius 1 is 1.06 bits per heavy atom. The highest BCUT2D eigenvalue weighted by Gasteiger charge is 2.06. The number of rotatable bonds is 3. The molecule has 0 spiro atoms. The number of aromatic hydroxyl groups is 1. The summed E-state index contributed by atoms with van der Waals surface area (Å²) >= 11 is 11.7. The number of phenols is 1. The van der Waals surface area contributed by atoms with Crippen molar-refractivity contribution in [1.29, 1.82) is 0 Å². The first kappa shape index (κ1) is 13.1. The average molecular weight is 282 g/mol. The van der Waals surface area contributed by atoms with E-state index in [0.717, 1.165) is 11.3 Å². The van der Waals surface area contributed by atoms with Crippen LogP contribution >= 0.6 is 23.2 Å². The average Bonchev–Trinajstić information content (AvgIpc) is 2.35. The Kier molecular flexibility index (Phi) is 4.00. The van der Waals surface area contributed by atoms with Gasteiger partial charge in [0.2, 0.25) is 0 Å². The van der Waals surface area contributed by atoms with Gasteiger partial charge < -0.3 is 10.4 Å². The van der Waals surface area contributed by atoms with Gasteiger partial charge in [-0.15, -0.1) is 0 Å². The van der Waals surface area contributed by atoms with E-state index < -0.39 is 0 Å². The van der Waals surface area contributed by atoms with Gasteiger partial charge in [-0.1, -0.05) is 40.9 Å². The van der Waals surface area contributed by atoms with E-state index in [1.54, 1.807) is 12.1 Å². The lowest BCUT2D eigenvalue weighted by molar-refractivity contribution is 0.475. The normalized spacial score (nSPS) is 10.4. The van der Waals surface area contributed by atoms with Crippen LogP contribution in [0.5, 0.6) is 5.75 Å². The second-order valence-electron chi connectivity index (χ2n) is 4.13. The van der Waals surface area contributed by atoms with Gasteiger partial charge in [0.15, 0.2) is 5.75 Å². The maximum absolute atomic E-state index is 9.46. The van der Waals surface area contributed by atoms with Gasteiger partial charge in [-0.25, -0.2) is 0 Å². The number of halogens is 2. The van der Waals surface area contributed by atoms with Gasteiger partial charge in [0.1, 0.15) is 0 Å². The topological polar surface area (TPSA) is 32.3 Å². The van der Waals surface area contributed by atoms with Crippen molar-refractivity contribution in [2.24, 2.45) is 0 Å². The largest absolute Gasteiger partial charge is 0.505 e. The van der Waals surface area contributed by atoms with Crippen molar-refractivity contribution < 1.29 is 5.11 Å². The molecule has 2 aromatic rings. The molecule has 2 rings (SSSR count). The molecule has 0 amide bonds. The summed E-state index contributed by atoms with van der Waals surface area (Å²) in [5.41, 5.74) is 3.17. The molecular formula is C14H13Cl2NO. The third-order valence-corrected chi connectivity index (χ3v) is 3.20. The highest BCUT2D eigenvalue weighted by Crippen LogP contribution is 2.32. The molecule has 2 N–H and O–H groups in total. The van der Waals surface area contributed by atoms with Crippen LogP contribution in [0.15, 0.2) is 36.4 Å². The van der Waals surface area contributed by atoms with Crippen LogP contribution < -0.4 is 5.32 Å². The lowest BCUT2D eigenvalue weighted by Crippen LogP contribution is -1.99. The van der Waals surface area contributed by atoms with E-state index in [9.17, 15) is 5.11 Å². The van der Waals surface area contributed by atoms with Gasteiger partial charge in [0, 0.05) is 12.2 Å². The van der Waals surface area contributed by atoms with Crippen LogP contribution in [0.25, 0.3) is 0 Å². The number of nitrogens with one attached hydrogen (secondary N) is 1. The molecular weight excluding hydrogens is 269 g/mol. The fraction of sp³-hybridized carbons (Fsp3) is 0.143. The molecule has 0 fully saturated rings. The van der Waals surface area contributed by atoms with E-state index >= 15 is 0 Å². The minimum absolute atomic E-state index is 0.0718. The van der Waals surface area contributed by atoms with Crippen LogP contribution in [0.1, 0.15) is 11.1 Å². The van der Waals surface area contributed by atoms with Gasteiger partial charge >= 0.3 is 0 Å². The standard InChI is InChI=1S/C14H13Cl2NO/c1-9-2-4-11(5-3-9)17-8-10-6-12(15)14(18)13(16)7-10/h2-7,17-18H,8H2,1H3. The highest BCUT2D eigenvalue weighted by atomic mass is 35.5. The Morgan fingerprint density at radius 2 is 1.61 bits per heavy atom. The SMILES string of the molecule is Cc1ccc(NCc2cc(Cl)c(O)c(Cl)c2)cc1.